The van der Waals surface area contributed by atoms with E-state index in [4.69, 9.17) is 4.74 Å². The third-order valence-electron chi connectivity index (χ3n) is 7.83. The second-order valence-corrected chi connectivity index (χ2v) is 10.8. The van der Waals surface area contributed by atoms with Gasteiger partial charge >= 0.3 is 5.97 Å². The highest BCUT2D eigenvalue weighted by Gasteiger charge is 2.45. The van der Waals surface area contributed by atoms with E-state index in [1.54, 1.807) is 6.92 Å². The molecular formula is C31H38N4O3. The lowest BCUT2D eigenvalue weighted by Gasteiger charge is -2.42. The number of rotatable bonds is 11. The van der Waals surface area contributed by atoms with Crippen molar-refractivity contribution in [2.45, 2.75) is 45.1 Å². The maximum Gasteiger partial charge on any atom is 0.338 e. The molecule has 0 radical (unpaired) electrons. The van der Waals surface area contributed by atoms with Gasteiger partial charge in [0.1, 0.15) is 0 Å². The summed E-state index contributed by atoms with van der Waals surface area (Å²) in [6.07, 6.45) is 7.05. The number of hydrogen-bond donors (Lipinski definition) is 0. The second kappa shape index (κ2) is 11.5. The topological polar surface area (TPSA) is 67.7 Å². The van der Waals surface area contributed by atoms with Gasteiger partial charge in [0.25, 0.3) is 0 Å². The van der Waals surface area contributed by atoms with Gasteiger partial charge in [-0.1, -0.05) is 36.4 Å². The average Bonchev–Trinajstić information content (AvgIpc) is 3.56. The maximum atomic E-state index is 12.5. The number of amides is 1. The summed E-state index contributed by atoms with van der Waals surface area (Å²) in [5.41, 5.74) is 5.46. The van der Waals surface area contributed by atoms with Crippen molar-refractivity contribution in [3.63, 3.8) is 0 Å². The number of nitrogens with zero attached hydrogens (tertiary/aromatic N) is 4. The summed E-state index contributed by atoms with van der Waals surface area (Å²) in [7, 11) is 1.93. The molecular weight excluding hydrogens is 476 g/mol. The van der Waals surface area contributed by atoms with E-state index in [0.717, 1.165) is 51.0 Å². The quantitative estimate of drug-likeness (QED) is 0.352. The summed E-state index contributed by atoms with van der Waals surface area (Å²) in [5, 5.41) is 4.26. The zero-order valence-electron chi connectivity index (χ0n) is 22.7. The lowest BCUT2D eigenvalue weighted by molar-refractivity contribution is -0.131. The molecule has 1 aliphatic heterocycles. The molecule has 2 fully saturated rings. The van der Waals surface area contributed by atoms with Crippen LogP contribution in [-0.2, 0) is 23.0 Å². The highest BCUT2D eigenvalue weighted by atomic mass is 16.5. The highest BCUT2D eigenvalue weighted by Crippen LogP contribution is 2.45. The molecule has 7 nitrogen and oxygen atoms in total. The molecule has 3 aromatic rings. The van der Waals surface area contributed by atoms with Crippen molar-refractivity contribution in [3.05, 3.63) is 77.6 Å². The molecule has 1 aliphatic carbocycles. The monoisotopic (exact) mass is 514 g/mol. The van der Waals surface area contributed by atoms with Crippen LogP contribution in [0, 0.1) is 5.92 Å². The van der Waals surface area contributed by atoms with E-state index in [1.165, 1.54) is 16.7 Å². The van der Waals surface area contributed by atoms with Gasteiger partial charge in [0.2, 0.25) is 5.91 Å². The Balaban J connectivity index is 1.04. The number of carbonyl (C=O) groups excluding carboxylic acids is 2. The zero-order valence-corrected chi connectivity index (χ0v) is 22.7. The molecule has 0 spiro atoms. The van der Waals surface area contributed by atoms with Gasteiger partial charge in [0.05, 0.1) is 18.4 Å². The molecule has 2 unspecified atom stereocenters. The van der Waals surface area contributed by atoms with Crippen LogP contribution in [0.3, 0.4) is 0 Å². The fraction of sp³-hybridized carbons (Fsp3) is 0.452. The Bertz CT molecular complexity index is 1240. The number of aryl methyl sites for hydroxylation is 2. The van der Waals surface area contributed by atoms with Crippen LogP contribution in [0.2, 0.25) is 0 Å². The lowest BCUT2D eigenvalue weighted by Crippen LogP contribution is -2.52. The standard InChI is InChI=1S/C31H38N4O3/c1-4-38-31(37)27-9-7-23(8-10-27)6-5-15-34-18-24(19-34)20-35(22(2)36)30-16-29(30)26-13-11-25(12-14-26)28-17-32-33(3)21-28/h7-14,17,21,24,29-30H,4-6,15-16,18-20H2,1-3H3. The Kier molecular flexibility index (Phi) is 7.93. The first-order valence-electron chi connectivity index (χ1n) is 13.8. The first-order chi connectivity index (χ1) is 18.4. The Hall–Kier alpha value is -3.45. The van der Waals surface area contributed by atoms with Crippen molar-refractivity contribution >= 4 is 11.9 Å². The summed E-state index contributed by atoms with van der Waals surface area (Å²) in [4.78, 5) is 28.9. The molecule has 2 aromatic carbocycles. The molecule has 1 saturated heterocycles. The van der Waals surface area contributed by atoms with Crippen LogP contribution in [0.1, 0.15) is 54.1 Å². The summed E-state index contributed by atoms with van der Waals surface area (Å²) in [6, 6.07) is 16.8. The Morgan fingerprint density at radius 3 is 2.42 bits per heavy atom. The number of carbonyl (C=O) groups is 2. The van der Waals surface area contributed by atoms with E-state index in [2.05, 4.69) is 39.2 Å². The molecule has 0 N–H and O–H groups in total. The molecule has 2 aliphatic rings. The van der Waals surface area contributed by atoms with Crippen molar-refractivity contribution in [2.24, 2.45) is 13.0 Å². The predicted octanol–water partition coefficient (Wildman–Crippen LogP) is 4.53. The van der Waals surface area contributed by atoms with Crippen molar-refractivity contribution in [2.75, 3.05) is 32.8 Å². The zero-order chi connectivity index (χ0) is 26.6. The number of benzene rings is 2. The predicted molar refractivity (Wildman–Crippen MR) is 148 cm³/mol. The Morgan fingerprint density at radius 1 is 1.05 bits per heavy atom. The van der Waals surface area contributed by atoms with Crippen molar-refractivity contribution in [1.82, 2.24) is 19.6 Å². The SMILES string of the molecule is CCOC(=O)c1ccc(CCCN2CC(CN(C(C)=O)C3CC3c3ccc(-c4cnn(C)c4)cc3)C2)cc1. The first-order valence-corrected chi connectivity index (χ1v) is 13.8. The maximum absolute atomic E-state index is 12.5. The van der Waals surface area contributed by atoms with Crippen molar-refractivity contribution in [3.8, 4) is 11.1 Å². The minimum absolute atomic E-state index is 0.189. The van der Waals surface area contributed by atoms with Gasteiger partial charge in [-0.25, -0.2) is 4.79 Å². The summed E-state index contributed by atoms with van der Waals surface area (Å²) in [5.74, 6) is 0.918. The van der Waals surface area contributed by atoms with E-state index in [0.29, 0.717) is 30.0 Å². The van der Waals surface area contributed by atoms with Gasteiger partial charge in [-0.05, 0) is 61.6 Å². The van der Waals surface area contributed by atoms with Crippen LogP contribution in [-0.4, -0.2) is 70.3 Å². The van der Waals surface area contributed by atoms with E-state index < -0.39 is 0 Å². The third kappa shape index (κ3) is 6.16. The van der Waals surface area contributed by atoms with Crippen LogP contribution >= 0.6 is 0 Å². The van der Waals surface area contributed by atoms with E-state index in [-0.39, 0.29) is 11.9 Å². The van der Waals surface area contributed by atoms with E-state index in [9.17, 15) is 9.59 Å². The number of hydrogen-bond acceptors (Lipinski definition) is 5. The number of likely N-dealkylation sites (tertiary alicyclic amines) is 1. The van der Waals surface area contributed by atoms with Crippen molar-refractivity contribution in [1.29, 1.82) is 0 Å². The molecule has 5 rings (SSSR count). The summed E-state index contributed by atoms with van der Waals surface area (Å²) < 4.78 is 6.87. The molecule has 38 heavy (non-hydrogen) atoms. The van der Waals surface area contributed by atoms with Gasteiger partial charge in [-0.3, -0.25) is 9.48 Å². The summed E-state index contributed by atoms with van der Waals surface area (Å²) in [6.45, 7) is 7.96. The molecule has 1 aromatic heterocycles. The van der Waals surface area contributed by atoms with Gasteiger partial charge in [0.15, 0.2) is 0 Å². The fourth-order valence-electron chi connectivity index (χ4n) is 5.66. The van der Waals surface area contributed by atoms with Gasteiger partial charge in [-0.15, -0.1) is 0 Å². The van der Waals surface area contributed by atoms with Gasteiger partial charge in [-0.2, -0.15) is 5.10 Å². The molecule has 2 heterocycles. The molecule has 1 saturated carbocycles. The first kappa shape index (κ1) is 26.2. The van der Waals surface area contributed by atoms with Crippen LogP contribution in [0.5, 0.6) is 0 Å². The van der Waals surface area contributed by atoms with Crippen LogP contribution in [0.15, 0.2) is 60.9 Å². The van der Waals surface area contributed by atoms with E-state index in [1.807, 2.05) is 55.3 Å². The highest BCUT2D eigenvalue weighted by molar-refractivity contribution is 5.89. The smallest absolute Gasteiger partial charge is 0.338 e. The number of esters is 1. The third-order valence-corrected chi connectivity index (χ3v) is 7.83. The summed E-state index contributed by atoms with van der Waals surface area (Å²) >= 11 is 0. The largest absolute Gasteiger partial charge is 0.462 e. The molecule has 7 heteroatoms. The van der Waals surface area contributed by atoms with Crippen LogP contribution in [0.25, 0.3) is 11.1 Å². The second-order valence-electron chi connectivity index (χ2n) is 10.8. The molecule has 2 atom stereocenters. The van der Waals surface area contributed by atoms with Crippen molar-refractivity contribution < 1.29 is 14.3 Å². The van der Waals surface area contributed by atoms with Gasteiger partial charge < -0.3 is 14.5 Å². The molecule has 0 bridgehead atoms. The van der Waals surface area contributed by atoms with Crippen LogP contribution in [0.4, 0.5) is 0 Å². The fourth-order valence-corrected chi connectivity index (χ4v) is 5.66. The Morgan fingerprint density at radius 2 is 1.79 bits per heavy atom. The Labute approximate surface area is 225 Å². The number of aromatic nitrogens is 2. The van der Waals surface area contributed by atoms with Gasteiger partial charge in [0, 0.05) is 63.2 Å². The minimum atomic E-state index is -0.262. The van der Waals surface area contributed by atoms with E-state index >= 15 is 0 Å². The number of ether oxygens (including phenoxy) is 1. The minimum Gasteiger partial charge on any atom is -0.462 e. The molecule has 1 amide bonds. The van der Waals surface area contributed by atoms with Crippen LogP contribution < -0.4 is 0 Å². The average molecular weight is 515 g/mol. The normalized spacial score (nSPS) is 19.1. The molecule has 200 valence electrons. The lowest BCUT2D eigenvalue weighted by atomic mass is 9.98.